The lowest BCUT2D eigenvalue weighted by Gasteiger charge is -2.25. The number of carbonyl (C=O) groups is 1. The van der Waals surface area contributed by atoms with E-state index in [0.29, 0.717) is 6.42 Å². The van der Waals surface area contributed by atoms with Crippen LogP contribution in [0.1, 0.15) is 18.9 Å². The molecule has 134 valence electrons. The molecule has 25 heavy (non-hydrogen) atoms. The molecule has 1 atom stereocenters. The Morgan fingerprint density at radius 2 is 1.56 bits per heavy atom. The standard InChI is InChI=1S/C18H20FNO4S/c1-18(17(21)20-22,25(2,23)24)12-11-13-3-5-14(6-4-13)15-7-9-16(19)10-8-15/h3-10,22H,11-12H2,1-2H3,(H,20,21)/t18-/m1/s1. The molecule has 1 amide bonds. The van der Waals surface area contributed by atoms with Gasteiger partial charge in [-0.2, -0.15) is 0 Å². The summed E-state index contributed by atoms with van der Waals surface area (Å²) in [4.78, 5) is 11.8. The van der Waals surface area contributed by atoms with E-state index in [-0.39, 0.29) is 12.2 Å². The molecule has 0 spiro atoms. The maximum absolute atomic E-state index is 13.0. The van der Waals surface area contributed by atoms with E-state index in [1.165, 1.54) is 24.5 Å². The van der Waals surface area contributed by atoms with Crippen LogP contribution in [-0.4, -0.2) is 30.5 Å². The molecular formula is C18H20FNO4S. The van der Waals surface area contributed by atoms with Crippen LogP contribution in [-0.2, 0) is 21.1 Å². The first-order valence-electron chi connectivity index (χ1n) is 7.66. The van der Waals surface area contributed by atoms with Crippen LogP contribution in [0.5, 0.6) is 0 Å². The van der Waals surface area contributed by atoms with Crippen molar-refractivity contribution in [3.05, 3.63) is 59.9 Å². The van der Waals surface area contributed by atoms with Crippen molar-refractivity contribution >= 4 is 15.7 Å². The van der Waals surface area contributed by atoms with E-state index >= 15 is 0 Å². The normalized spacial score (nSPS) is 13.9. The second-order valence-electron chi connectivity index (χ2n) is 6.15. The van der Waals surface area contributed by atoms with Gasteiger partial charge < -0.3 is 0 Å². The fraction of sp³-hybridized carbons (Fsp3) is 0.278. The Hall–Kier alpha value is -2.25. The minimum Gasteiger partial charge on any atom is -0.289 e. The Bertz CT molecular complexity index is 848. The van der Waals surface area contributed by atoms with Gasteiger partial charge in [-0.3, -0.25) is 10.0 Å². The van der Waals surface area contributed by atoms with Crippen molar-refractivity contribution < 1.29 is 22.8 Å². The number of hydroxylamine groups is 1. The molecule has 0 bridgehead atoms. The molecular weight excluding hydrogens is 345 g/mol. The third-order valence-electron chi connectivity index (χ3n) is 4.42. The van der Waals surface area contributed by atoms with Crippen molar-refractivity contribution in [3.8, 4) is 11.1 Å². The zero-order valence-corrected chi connectivity index (χ0v) is 14.8. The van der Waals surface area contributed by atoms with Crippen LogP contribution < -0.4 is 5.48 Å². The molecule has 2 aromatic carbocycles. The summed E-state index contributed by atoms with van der Waals surface area (Å²) in [5, 5.41) is 8.82. The van der Waals surface area contributed by atoms with Crippen LogP contribution in [0, 0.1) is 5.82 Å². The van der Waals surface area contributed by atoms with Gasteiger partial charge in [-0.05, 0) is 48.6 Å². The highest BCUT2D eigenvalue weighted by Gasteiger charge is 2.43. The number of benzene rings is 2. The lowest BCUT2D eigenvalue weighted by atomic mass is 9.97. The lowest BCUT2D eigenvalue weighted by Crippen LogP contribution is -2.49. The third-order valence-corrected chi connectivity index (χ3v) is 6.45. The van der Waals surface area contributed by atoms with Gasteiger partial charge in [0.2, 0.25) is 0 Å². The highest BCUT2D eigenvalue weighted by atomic mass is 32.2. The highest BCUT2D eigenvalue weighted by molar-refractivity contribution is 7.92. The Kier molecular flexibility index (Phi) is 5.59. The second kappa shape index (κ2) is 7.33. The molecule has 5 nitrogen and oxygen atoms in total. The topological polar surface area (TPSA) is 83.5 Å². The highest BCUT2D eigenvalue weighted by Crippen LogP contribution is 2.25. The van der Waals surface area contributed by atoms with Gasteiger partial charge in [-0.1, -0.05) is 36.4 Å². The lowest BCUT2D eigenvalue weighted by molar-refractivity contribution is -0.131. The van der Waals surface area contributed by atoms with Crippen molar-refractivity contribution in [2.75, 3.05) is 6.26 Å². The molecule has 0 saturated heterocycles. The van der Waals surface area contributed by atoms with Gasteiger partial charge in [0.1, 0.15) is 10.6 Å². The zero-order chi connectivity index (χ0) is 18.7. The molecule has 2 aromatic rings. The molecule has 0 fully saturated rings. The van der Waals surface area contributed by atoms with Gasteiger partial charge in [0.15, 0.2) is 9.84 Å². The van der Waals surface area contributed by atoms with Crippen LogP contribution in [0.15, 0.2) is 48.5 Å². The number of halogens is 1. The second-order valence-corrected chi connectivity index (χ2v) is 8.59. The summed E-state index contributed by atoms with van der Waals surface area (Å²) in [5.74, 6) is -1.25. The van der Waals surface area contributed by atoms with Crippen LogP contribution in [0.25, 0.3) is 11.1 Å². The first-order chi connectivity index (χ1) is 11.7. The van der Waals surface area contributed by atoms with Crippen molar-refractivity contribution in [2.24, 2.45) is 0 Å². The number of hydrogen-bond acceptors (Lipinski definition) is 4. The molecule has 0 aliphatic rings. The fourth-order valence-corrected chi connectivity index (χ4v) is 3.33. The smallest absolute Gasteiger partial charge is 0.264 e. The summed E-state index contributed by atoms with van der Waals surface area (Å²) >= 11 is 0. The number of aryl methyl sites for hydroxylation is 1. The maximum atomic E-state index is 13.0. The molecule has 2 rings (SSSR count). The Morgan fingerprint density at radius 1 is 1.08 bits per heavy atom. The summed E-state index contributed by atoms with van der Waals surface area (Å²) in [6.07, 6.45) is 1.36. The van der Waals surface area contributed by atoms with Crippen molar-refractivity contribution in [3.63, 3.8) is 0 Å². The number of hydrogen-bond donors (Lipinski definition) is 2. The van der Waals surface area contributed by atoms with Crippen LogP contribution >= 0.6 is 0 Å². The van der Waals surface area contributed by atoms with Crippen molar-refractivity contribution in [2.45, 2.75) is 24.5 Å². The summed E-state index contributed by atoms with van der Waals surface area (Å²) < 4.78 is 35.1. The van der Waals surface area contributed by atoms with Crippen molar-refractivity contribution in [1.29, 1.82) is 0 Å². The molecule has 0 unspecified atom stereocenters. The number of amides is 1. The first-order valence-corrected chi connectivity index (χ1v) is 9.55. The van der Waals surface area contributed by atoms with Crippen LogP contribution in [0.2, 0.25) is 0 Å². The van der Waals surface area contributed by atoms with E-state index in [9.17, 15) is 17.6 Å². The van der Waals surface area contributed by atoms with E-state index in [1.54, 1.807) is 12.1 Å². The summed E-state index contributed by atoms with van der Waals surface area (Å²) in [6.45, 7) is 1.29. The largest absolute Gasteiger partial charge is 0.289 e. The van der Waals surface area contributed by atoms with Gasteiger partial charge >= 0.3 is 0 Å². The number of sulfone groups is 1. The quantitative estimate of drug-likeness (QED) is 0.609. The first kappa shape index (κ1) is 19.1. The predicted octanol–water partition coefficient (Wildman–Crippen LogP) is 2.73. The number of carbonyl (C=O) groups excluding carboxylic acids is 1. The van der Waals surface area contributed by atoms with E-state index in [4.69, 9.17) is 5.21 Å². The monoisotopic (exact) mass is 365 g/mol. The molecule has 0 aliphatic carbocycles. The summed E-state index contributed by atoms with van der Waals surface area (Å²) in [7, 11) is -3.71. The predicted molar refractivity (Wildman–Crippen MR) is 93.3 cm³/mol. The number of nitrogens with one attached hydrogen (secondary N) is 1. The zero-order valence-electron chi connectivity index (χ0n) is 14.0. The Labute approximate surface area is 146 Å². The van der Waals surface area contributed by atoms with Gasteiger partial charge in [-0.25, -0.2) is 18.3 Å². The van der Waals surface area contributed by atoms with Gasteiger partial charge in [0.05, 0.1) is 0 Å². The summed E-state index contributed by atoms with van der Waals surface area (Å²) in [5.41, 5.74) is 4.06. The maximum Gasteiger partial charge on any atom is 0.264 e. The third kappa shape index (κ3) is 4.24. The molecule has 2 N–H and O–H groups in total. The average Bonchev–Trinajstić information content (AvgIpc) is 2.59. The minimum atomic E-state index is -3.71. The van der Waals surface area contributed by atoms with E-state index in [1.807, 2.05) is 24.3 Å². The molecule has 7 heteroatoms. The Balaban J connectivity index is 2.15. The van der Waals surface area contributed by atoms with E-state index < -0.39 is 20.5 Å². The van der Waals surface area contributed by atoms with Crippen LogP contribution in [0.4, 0.5) is 4.39 Å². The fourth-order valence-electron chi connectivity index (χ4n) is 2.47. The molecule has 0 heterocycles. The minimum absolute atomic E-state index is 0.0358. The van der Waals surface area contributed by atoms with E-state index in [0.717, 1.165) is 22.9 Å². The molecule has 0 saturated carbocycles. The Morgan fingerprint density at radius 3 is 2.00 bits per heavy atom. The van der Waals surface area contributed by atoms with Crippen LogP contribution in [0.3, 0.4) is 0 Å². The number of rotatable bonds is 6. The van der Waals surface area contributed by atoms with Crippen molar-refractivity contribution in [1.82, 2.24) is 5.48 Å². The SMILES string of the molecule is C[C@@](CCc1ccc(-c2ccc(F)cc2)cc1)(C(=O)NO)S(C)(=O)=O. The van der Waals surface area contributed by atoms with Gasteiger partial charge in [0.25, 0.3) is 5.91 Å². The molecule has 0 aromatic heterocycles. The molecule has 0 aliphatic heterocycles. The van der Waals surface area contributed by atoms with E-state index in [2.05, 4.69) is 0 Å². The van der Waals surface area contributed by atoms with Gasteiger partial charge in [0, 0.05) is 6.26 Å². The average molecular weight is 365 g/mol. The summed E-state index contributed by atoms with van der Waals surface area (Å²) in [6, 6.07) is 13.5. The molecule has 0 radical (unpaired) electrons. The van der Waals surface area contributed by atoms with Gasteiger partial charge in [-0.15, -0.1) is 0 Å².